The molecule has 3 N–H and O–H groups in total. The summed E-state index contributed by atoms with van der Waals surface area (Å²) in [7, 11) is 0. The van der Waals surface area contributed by atoms with Crippen LogP contribution in [-0.2, 0) is 6.42 Å². The molecule has 0 heterocycles. The lowest BCUT2D eigenvalue weighted by Gasteiger charge is -2.20. The lowest BCUT2D eigenvalue weighted by Crippen LogP contribution is -2.30. The first-order valence-electron chi connectivity index (χ1n) is 6.39. The van der Waals surface area contributed by atoms with E-state index in [0.717, 1.165) is 10.9 Å². The lowest BCUT2D eigenvalue weighted by atomic mass is 9.93. The maximum Gasteiger partial charge on any atom is 0.0503 e. The van der Waals surface area contributed by atoms with Crippen molar-refractivity contribution in [2.45, 2.75) is 26.3 Å². The maximum atomic E-state index is 5.76. The number of nitrogens with two attached hydrogens (primary N) is 1. The van der Waals surface area contributed by atoms with Crippen LogP contribution in [0.5, 0.6) is 0 Å². The van der Waals surface area contributed by atoms with Crippen molar-refractivity contribution in [1.82, 2.24) is 5.43 Å². The van der Waals surface area contributed by atoms with E-state index < -0.39 is 0 Å². The molecule has 0 amide bonds. The van der Waals surface area contributed by atoms with Crippen LogP contribution in [-0.4, -0.2) is 0 Å². The Hall–Kier alpha value is -1.16. The third kappa shape index (κ3) is 3.24. The largest absolute Gasteiger partial charge is 0.271 e. The van der Waals surface area contributed by atoms with Gasteiger partial charge in [-0.05, 0) is 48.6 Å². The Balaban J connectivity index is 2.31. The number of hydrogen-bond donors (Lipinski definition) is 2. The van der Waals surface area contributed by atoms with Crippen LogP contribution >= 0.6 is 15.9 Å². The topological polar surface area (TPSA) is 38.0 Å². The summed E-state index contributed by atoms with van der Waals surface area (Å²) in [5.41, 5.74) is 8.06. The molecule has 2 nitrogen and oxygen atoms in total. The van der Waals surface area contributed by atoms with E-state index in [2.05, 4.69) is 71.6 Å². The van der Waals surface area contributed by atoms with Crippen molar-refractivity contribution in [1.29, 1.82) is 0 Å². The van der Waals surface area contributed by atoms with E-state index in [9.17, 15) is 0 Å². The SMILES string of the molecule is Cc1cccc(C(Cc2ccccc2Br)NN)c1C. The van der Waals surface area contributed by atoms with E-state index >= 15 is 0 Å². The molecule has 2 aromatic rings. The third-order valence-electron chi connectivity index (χ3n) is 3.61. The van der Waals surface area contributed by atoms with Gasteiger partial charge in [0.1, 0.15) is 0 Å². The predicted molar refractivity (Wildman–Crippen MR) is 83.8 cm³/mol. The Bertz CT molecular complexity index is 566. The Kier molecular flexibility index (Phi) is 4.75. The van der Waals surface area contributed by atoms with Crippen molar-refractivity contribution in [3.05, 3.63) is 69.2 Å². The molecule has 0 aliphatic carbocycles. The Morgan fingerprint density at radius 3 is 2.53 bits per heavy atom. The zero-order valence-electron chi connectivity index (χ0n) is 11.3. The van der Waals surface area contributed by atoms with Gasteiger partial charge in [0.15, 0.2) is 0 Å². The molecule has 0 saturated heterocycles. The molecule has 100 valence electrons. The summed E-state index contributed by atoms with van der Waals surface area (Å²) >= 11 is 3.59. The van der Waals surface area contributed by atoms with Crippen molar-refractivity contribution in [3.8, 4) is 0 Å². The van der Waals surface area contributed by atoms with Crippen LogP contribution in [0, 0.1) is 13.8 Å². The maximum absolute atomic E-state index is 5.76. The molecule has 2 aromatic carbocycles. The number of halogens is 1. The first-order chi connectivity index (χ1) is 9.13. The summed E-state index contributed by atoms with van der Waals surface area (Å²) < 4.78 is 1.13. The van der Waals surface area contributed by atoms with Gasteiger partial charge in [0.25, 0.3) is 0 Å². The minimum atomic E-state index is 0.124. The van der Waals surface area contributed by atoms with Crippen molar-refractivity contribution < 1.29 is 0 Å². The fourth-order valence-corrected chi connectivity index (χ4v) is 2.74. The minimum Gasteiger partial charge on any atom is -0.271 e. The fourth-order valence-electron chi connectivity index (χ4n) is 2.29. The van der Waals surface area contributed by atoms with Crippen LogP contribution in [0.25, 0.3) is 0 Å². The van der Waals surface area contributed by atoms with Gasteiger partial charge in [0.2, 0.25) is 0 Å². The molecule has 0 bridgehead atoms. The molecule has 0 radical (unpaired) electrons. The molecule has 2 rings (SSSR count). The van der Waals surface area contributed by atoms with Crippen LogP contribution in [0.2, 0.25) is 0 Å². The van der Waals surface area contributed by atoms with Crippen LogP contribution in [0.15, 0.2) is 46.9 Å². The van der Waals surface area contributed by atoms with E-state index in [1.165, 1.54) is 22.3 Å². The van der Waals surface area contributed by atoms with E-state index in [4.69, 9.17) is 5.84 Å². The molecule has 0 aliphatic rings. The number of nitrogens with one attached hydrogen (secondary N) is 1. The molecule has 3 heteroatoms. The van der Waals surface area contributed by atoms with Crippen LogP contribution < -0.4 is 11.3 Å². The van der Waals surface area contributed by atoms with E-state index in [-0.39, 0.29) is 6.04 Å². The molecular weight excluding hydrogens is 300 g/mol. The minimum absolute atomic E-state index is 0.124. The average Bonchev–Trinajstić information content (AvgIpc) is 2.41. The molecule has 0 aromatic heterocycles. The summed E-state index contributed by atoms with van der Waals surface area (Å²) in [4.78, 5) is 0. The normalized spacial score (nSPS) is 12.4. The third-order valence-corrected chi connectivity index (χ3v) is 4.38. The van der Waals surface area contributed by atoms with Crippen molar-refractivity contribution in [3.63, 3.8) is 0 Å². The van der Waals surface area contributed by atoms with E-state index in [1.807, 2.05) is 6.07 Å². The van der Waals surface area contributed by atoms with Gasteiger partial charge < -0.3 is 0 Å². The molecule has 0 saturated carbocycles. The Morgan fingerprint density at radius 1 is 1.11 bits per heavy atom. The Labute approximate surface area is 123 Å². The van der Waals surface area contributed by atoms with Crippen molar-refractivity contribution in [2.75, 3.05) is 0 Å². The smallest absolute Gasteiger partial charge is 0.0503 e. The zero-order chi connectivity index (χ0) is 13.8. The molecule has 0 fully saturated rings. The molecule has 1 atom stereocenters. The summed E-state index contributed by atoms with van der Waals surface area (Å²) in [6.07, 6.45) is 0.863. The van der Waals surface area contributed by atoms with Gasteiger partial charge in [-0.3, -0.25) is 11.3 Å². The standard InChI is InChI=1S/C16H19BrN2/c1-11-6-5-8-14(12(11)2)16(19-18)10-13-7-3-4-9-15(13)17/h3-9,16,19H,10,18H2,1-2H3. The van der Waals surface area contributed by atoms with Gasteiger partial charge in [0.05, 0.1) is 6.04 Å². The molecular formula is C16H19BrN2. The molecule has 0 aliphatic heterocycles. The molecule has 0 spiro atoms. The van der Waals surface area contributed by atoms with E-state index in [1.54, 1.807) is 0 Å². The van der Waals surface area contributed by atoms with Gasteiger partial charge in [0, 0.05) is 4.47 Å². The van der Waals surface area contributed by atoms with Gasteiger partial charge >= 0.3 is 0 Å². The summed E-state index contributed by atoms with van der Waals surface area (Å²) in [5, 5.41) is 0. The second-order valence-electron chi connectivity index (χ2n) is 4.80. The van der Waals surface area contributed by atoms with Crippen LogP contribution in [0.4, 0.5) is 0 Å². The summed E-state index contributed by atoms with van der Waals surface area (Å²) in [5.74, 6) is 5.76. The predicted octanol–water partition coefficient (Wildman–Crippen LogP) is 3.81. The van der Waals surface area contributed by atoms with Crippen molar-refractivity contribution in [2.24, 2.45) is 5.84 Å². The Morgan fingerprint density at radius 2 is 1.84 bits per heavy atom. The highest BCUT2D eigenvalue weighted by Crippen LogP contribution is 2.26. The van der Waals surface area contributed by atoms with Crippen LogP contribution in [0.3, 0.4) is 0 Å². The van der Waals surface area contributed by atoms with Gasteiger partial charge in [-0.2, -0.15) is 0 Å². The monoisotopic (exact) mass is 318 g/mol. The number of rotatable bonds is 4. The number of aryl methyl sites for hydroxylation is 1. The molecule has 19 heavy (non-hydrogen) atoms. The number of hydrazine groups is 1. The highest BCUT2D eigenvalue weighted by atomic mass is 79.9. The first-order valence-corrected chi connectivity index (χ1v) is 7.18. The van der Waals surface area contributed by atoms with Crippen LogP contribution in [0.1, 0.15) is 28.3 Å². The highest BCUT2D eigenvalue weighted by Gasteiger charge is 2.14. The zero-order valence-corrected chi connectivity index (χ0v) is 12.9. The summed E-state index contributed by atoms with van der Waals surface area (Å²) in [6, 6.07) is 14.7. The summed E-state index contributed by atoms with van der Waals surface area (Å²) in [6.45, 7) is 4.28. The quantitative estimate of drug-likeness (QED) is 0.664. The number of benzene rings is 2. The van der Waals surface area contributed by atoms with Crippen molar-refractivity contribution >= 4 is 15.9 Å². The molecule has 1 unspecified atom stereocenters. The van der Waals surface area contributed by atoms with Gasteiger partial charge in [-0.1, -0.05) is 52.3 Å². The highest BCUT2D eigenvalue weighted by molar-refractivity contribution is 9.10. The van der Waals surface area contributed by atoms with E-state index in [0.29, 0.717) is 0 Å². The van der Waals surface area contributed by atoms with Gasteiger partial charge in [-0.15, -0.1) is 0 Å². The van der Waals surface area contributed by atoms with Gasteiger partial charge in [-0.25, -0.2) is 0 Å². The fraction of sp³-hybridized carbons (Fsp3) is 0.250. The second-order valence-corrected chi connectivity index (χ2v) is 5.66. The first kappa shape index (κ1) is 14.3. The number of hydrogen-bond acceptors (Lipinski definition) is 2. The second kappa shape index (κ2) is 6.33. The average molecular weight is 319 g/mol. The lowest BCUT2D eigenvalue weighted by molar-refractivity contribution is 0.548.